The van der Waals surface area contributed by atoms with Crippen molar-refractivity contribution in [1.82, 2.24) is 19.9 Å². The van der Waals surface area contributed by atoms with Crippen LogP contribution in [0, 0.1) is 11.7 Å². The number of carbonyl (C=O) groups is 1. The summed E-state index contributed by atoms with van der Waals surface area (Å²) >= 11 is 0. The van der Waals surface area contributed by atoms with Gasteiger partial charge in [0.1, 0.15) is 17.5 Å². The molecule has 0 radical (unpaired) electrons. The number of nitrogens with zero attached hydrogens (tertiary/aromatic N) is 4. The lowest BCUT2D eigenvalue weighted by atomic mass is 9.96. The third kappa shape index (κ3) is 4.55. The molecule has 1 aliphatic carbocycles. The smallest absolute Gasteiger partial charge is 0.225 e. The maximum Gasteiger partial charge on any atom is 0.225 e. The van der Waals surface area contributed by atoms with Crippen molar-refractivity contribution in [2.24, 2.45) is 5.92 Å². The van der Waals surface area contributed by atoms with Crippen molar-refractivity contribution in [1.29, 1.82) is 0 Å². The fourth-order valence-electron chi connectivity index (χ4n) is 4.07. The molecule has 0 spiro atoms. The summed E-state index contributed by atoms with van der Waals surface area (Å²) in [6.45, 7) is 1.46. The van der Waals surface area contributed by atoms with Crippen molar-refractivity contribution in [2.75, 3.05) is 18.4 Å². The number of hydrogen-bond donors (Lipinski definition) is 1. The number of hydrogen-bond acceptors (Lipinski definition) is 5. The maximum atomic E-state index is 13.7. The van der Waals surface area contributed by atoms with Crippen LogP contribution in [0.2, 0.25) is 0 Å². The zero-order valence-electron chi connectivity index (χ0n) is 17.2. The summed E-state index contributed by atoms with van der Waals surface area (Å²) in [5, 5.41) is 3.21. The van der Waals surface area contributed by atoms with Crippen LogP contribution in [-0.4, -0.2) is 38.8 Å². The number of carbonyl (C=O) groups excluding carboxylic acids is 1. The van der Waals surface area contributed by atoms with Gasteiger partial charge in [0.15, 0.2) is 0 Å². The lowest BCUT2D eigenvalue weighted by Gasteiger charge is -2.32. The van der Waals surface area contributed by atoms with Gasteiger partial charge in [-0.25, -0.2) is 14.4 Å². The molecule has 31 heavy (non-hydrogen) atoms. The fraction of sp³-hybridized carbons (Fsp3) is 0.333. The normalized spacial score (nSPS) is 18.6. The summed E-state index contributed by atoms with van der Waals surface area (Å²) in [5.74, 6) is 1.57. The standard InChI is InChI=1S/C24H24FN5O/c25-19-4-1-5-20(13-19)27-22-14-21(16-8-10-26-11-9-16)28-23(29-22)18-3-2-12-30(15-18)24(31)17-6-7-17/h1,4-5,8-11,13-14,17-18H,2-3,6-7,12,15H2,(H,27,28,29)/t18-/m0/s1. The molecule has 1 N–H and O–H groups in total. The molecule has 2 aromatic heterocycles. The second-order valence-electron chi connectivity index (χ2n) is 8.27. The molecule has 3 heterocycles. The second kappa shape index (κ2) is 8.41. The van der Waals surface area contributed by atoms with Crippen molar-refractivity contribution >= 4 is 17.4 Å². The van der Waals surface area contributed by atoms with Crippen LogP contribution in [0.15, 0.2) is 54.9 Å². The van der Waals surface area contributed by atoms with Gasteiger partial charge in [-0.3, -0.25) is 9.78 Å². The maximum absolute atomic E-state index is 13.7. The summed E-state index contributed by atoms with van der Waals surface area (Å²) in [4.78, 5) is 28.3. The number of pyridine rings is 1. The van der Waals surface area contributed by atoms with E-state index >= 15 is 0 Å². The molecule has 5 rings (SSSR count). The van der Waals surface area contributed by atoms with Gasteiger partial charge >= 0.3 is 0 Å². The number of halogens is 1. The van der Waals surface area contributed by atoms with E-state index in [1.807, 2.05) is 23.1 Å². The molecular weight excluding hydrogens is 393 g/mol. The highest BCUT2D eigenvalue weighted by molar-refractivity contribution is 5.81. The molecule has 1 saturated carbocycles. The number of likely N-dealkylation sites (tertiary alicyclic amines) is 1. The highest BCUT2D eigenvalue weighted by Gasteiger charge is 2.36. The molecule has 1 saturated heterocycles. The van der Waals surface area contributed by atoms with E-state index < -0.39 is 0 Å². The van der Waals surface area contributed by atoms with Crippen LogP contribution >= 0.6 is 0 Å². The molecular formula is C24H24FN5O. The summed E-state index contributed by atoms with van der Waals surface area (Å²) in [5.41, 5.74) is 2.33. The van der Waals surface area contributed by atoms with Gasteiger partial charge in [-0.15, -0.1) is 0 Å². The van der Waals surface area contributed by atoms with E-state index in [-0.39, 0.29) is 23.6 Å². The Morgan fingerprint density at radius 1 is 1.06 bits per heavy atom. The number of anilines is 2. The first kappa shape index (κ1) is 19.6. The van der Waals surface area contributed by atoms with Crippen LogP contribution in [0.3, 0.4) is 0 Å². The van der Waals surface area contributed by atoms with Crippen molar-refractivity contribution < 1.29 is 9.18 Å². The summed E-state index contributed by atoms with van der Waals surface area (Å²) in [6, 6.07) is 12.0. The minimum atomic E-state index is -0.310. The molecule has 158 valence electrons. The Bertz CT molecular complexity index is 1090. The van der Waals surface area contributed by atoms with E-state index in [1.165, 1.54) is 12.1 Å². The Balaban J connectivity index is 1.47. The topological polar surface area (TPSA) is 71.0 Å². The quantitative estimate of drug-likeness (QED) is 0.660. The molecule has 2 fully saturated rings. The van der Waals surface area contributed by atoms with E-state index in [1.54, 1.807) is 24.5 Å². The Labute approximate surface area is 180 Å². The average Bonchev–Trinajstić information content (AvgIpc) is 3.65. The number of piperidine rings is 1. The fourth-order valence-corrected chi connectivity index (χ4v) is 4.07. The molecule has 1 amide bonds. The summed E-state index contributed by atoms with van der Waals surface area (Å²) in [6.07, 6.45) is 7.36. The lowest BCUT2D eigenvalue weighted by molar-refractivity contribution is -0.133. The van der Waals surface area contributed by atoms with Crippen LogP contribution in [-0.2, 0) is 4.79 Å². The van der Waals surface area contributed by atoms with Gasteiger partial charge in [-0.2, -0.15) is 0 Å². The largest absolute Gasteiger partial charge is 0.342 e. The number of rotatable bonds is 5. The van der Waals surface area contributed by atoms with Crippen molar-refractivity contribution in [2.45, 2.75) is 31.6 Å². The Hall–Kier alpha value is -3.35. The van der Waals surface area contributed by atoms with Gasteiger partial charge in [-0.05, 0) is 56.0 Å². The minimum Gasteiger partial charge on any atom is -0.342 e. The molecule has 0 unspecified atom stereocenters. The van der Waals surface area contributed by atoms with Gasteiger partial charge in [0.25, 0.3) is 0 Å². The molecule has 6 nitrogen and oxygen atoms in total. The number of nitrogens with one attached hydrogen (secondary N) is 1. The summed E-state index contributed by atoms with van der Waals surface area (Å²) < 4.78 is 13.7. The van der Waals surface area contributed by atoms with Crippen LogP contribution in [0.1, 0.15) is 37.4 Å². The monoisotopic (exact) mass is 417 g/mol. The van der Waals surface area contributed by atoms with E-state index in [4.69, 9.17) is 9.97 Å². The average molecular weight is 417 g/mol. The van der Waals surface area contributed by atoms with E-state index in [0.29, 0.717) is 23.9 Å². The lowest BCUT2D eigenvalue weighted by Crippen LogP contribution is -2.40. The number of benzene rings is 1. The van der Waals surface area contributed by atoms with Crippen LogP contribution in [0.25, 0.3) is 11.3 Å². The molecule has 2 aliphatic rings. The highest BCUT2D eigenvalue weighted by atomic mass is 19.1. The van der Waals surface area contributed by atoms with Crippen molar-refractivity contribution in [3.8, 4) is 11.3 Å². The molecule has 1 aliphatic heterocycles. The van der Waals surface area contributed by atoms with Gasteiger partial charge in [-0.1, -0.05) is 6.07 Å². The highest BCUT2D eigenvalue weighted by Crippen LogP contribution is 2.34. The molecule has 7 heteroatoms. The minimum absolute atomic E-state index is 0.0753. The first-order valence-corrected chi connectivity index (χ1v) is 10.8. The third-order valence-electron chi connectivity index (χ3n) is 5.84. The van der Waals surface area contributed by atoms with Crippen LogP contribution in [0.5, 0.6) is 0 Å². The van der Waals surface area contributed by atoms with Crippen LogP contribution < -0.4 is 5.32 Å². The van der Waals surface area contributed by atoms with Crippen molar-refractivity contribution in [3.63, 3.8) is 0 Å². The van der Waals surface area contributed by atoms with Gasteiger partial charge < -0.3 is 10.2 Å². The third-order valence-corrected chi connectivity index (χ3v) is 5.84. The first-order valence-electron chi connectivity index (χ1n) is 10.8. The second-order valence-corrected chi connectivity index (χ2v) is 8.27. The van der Waals surface area contributed by atoms with E-state index in [0.717, 1.165) is 43.5 Å². The Morgan fingerprint density at radius 3 is 2.68 bits per heavy atom. The SMILES string of the molecule is O=C(C1CC1)N1CCC[C@H](c2nc(Nc3cccc(F)c3)cc(-c3ccncc3)n2)C1. The zero-order chi connectivity index (χ0) is 21.2. The number of aromatic nitrogens is 3. The predicted molar refractivity (Wildman–Crippen MR) is 116 cm³/mol. The van der Waals surface area contributed by atoms with Gasteiger partial charge in [0, 0.05) is 54.6 Å². The zero-order valence-corrected chi connectivity index (χ0v) is 17.2. The Kier molecular flexibility index (Phi) is 5.32. The number of amides is 1. The Morgan fingerprint density at radius 2 is 1.90 bits per heavy atom. The van der Waals surface area contributed by atoms with E-state index in [9.17, 15) is 9.18 Å². The van der Waals surface area contributed by atoms with Crippen LogP contribution in [0.4, 0.5) is 15.9 Å². The molecule has 1 atom stereocenters. The first-order chi connectivity index (χ1) is 15.2. The molecule has 3 aromatic rings. The van der Waals surface area contributed by atoms with Crippen molar-refractivity contribution in [3.05, 3.63) is 66.5 Å². The van der Waals surface area contributed by atoms with Gasteiger partial charge in [0.05, 0.1) is 5.69 Å². The summed E-state index contributed by atoms with van der Waals surface area (Å²) in [7, 11) is 0. The predicted octanol–water partition coefficient (Wildman–Crippen LogP) is 4.54. The molecule has 1 aromatic carbocycles. The van der Waals surface area contributed by atoms with E-state index in [2.05, 4.69) is 10.3 Å². The van der Waals surface area contributed by atoms with Gasteiger partial charge in [0.2, 0.25) is 5.91 Å². The molecule has 0 bridgehead atoms.